The molecule has 0 bridgehead atoms. The fourth-order valence-corrected chi connectivity index (χ4v) is 0.848. The molecule has 1 aromatic heterocycles. The molecule has 14 heavy (non-hydrogen) atoms. The van der Waals surface area contributed by atoms with Gasteiger partial charge in [0.25, 0.3) is 0 Å². The van der Waals surface area contributed by atoms with Crippen molar-refractivity contribution in [2.24, 2.45) is 0 Å². The minimum Gasteiger partial charge on any atom is -0.479 e. The molecule has 1 heterocycles. The van der Waals surface area contributed by atoms with Gasteiger partial charge in [-0.1, -0.05) is 12.7 Å². The number of nitrogens with two attached hydrogens (primary N) is 2. The second-order valence-electron chi connectivity index (χ2n) is 2.41. The van der Waals surface area contributed by atoms with Crippen molar-refractivity contribution in [1.82, 2.24) is 9.97 Å². The van der Waals surface area contributed by atoms with Gasteiger partial charge in [0.2, 0.25) is 17.7 Å². The van der Waals surface area contributed by atoms with E-state index in [1.54, 1.807) is 6.08 Å². The fourth-order valence-electron chi connectivity index (χ4n) is 0.848. The Morgan fingerprint density at radius 2 is 2.00 bits per heavy atom. The smallest absolute Gasteiger partial charge is 0.246 e. The van der Waals surface area contributed by atoms with Crippen LogP contribution in [0.15, 0.2) is 12.7 Å². The molecule has 6 nitrogen and oxygen atoms in total. The molecule has 0 aliphatic rings. The largest absolute Gasteiger partial charge is 0.479 e. The standard InChI is InChI=1S/C8H12N4O2/c1-3-4-14-7-5(9)6(13-2)11-8(10)12-7/h3H,1,4,9H2,2H3,(H2,10,11,12). The first kappa shape index (κ1) is 10.1. The van der Waals surface area contributed by atoms with Crippen molar-refractivity contribution < 1.29 is 9.47 Å². The fraction of sp³-hybridized carbons (Fsp3) is 0.250. The SMILES string of the molecule is C=CCOc1nc(N)nc(OC)c1N. The van der Waals surface area contributed by atoms with Crippen LogP contribution in [-0.2, 0) is 0 Å². The zero-order chi connectivity index (χ0) is 10.6. The van der Waals surface area contributed by atoms with Gasteiger partial charge in [-0.25, -0.2) is 0 Å². The summed E-state index contributed by atoms with van der Waals surface area (Å²) < 4.78 is 10.0. The minimum absolute atomic E-state index is 0.0510. The number of hydrogen-bond acceptors (Lipinski definition) is 6. The lowest BCUT2D eigenvalue weighted by molar-refractivity contribution is 0.343. The summed E-state index contributed by atoms with van der Waals surface area (Å²) in [5.41, 5.74) is 11.3. The Balaban J connectivity index is 3.02. The van der Waals surface area contributed by atoms with Crippen molar-refractivity contribution in [3.05, 3.63) is 12.7 Å². The van der Waals surface area contributed by atoms with Crippen LogP contribution in [0, 0.1) is 0 Å². The molecule has 6 heteroatoms. The average molecular weight is 196 g/mol. The molecule has 4 N–H and O–H groups in total. The van der Waals surface area contributed by atoms with Gasteiger partial charge in [0.05, 0.1) is 7.11 Å². The molecule has 0 saturated carbocycles. The molecule has 0 fully saturated rings. The Labute approximate surface area is 81.5 Å². The first-order valence-electron chi connectivity index (χ1n) is 3.89. The highest BCUT2D eigenvalue weighted by atomic mass is 16.5. The molecule has 1 aromatic rings. The number of aromatic nitrogens is 2. The summed E-state index contributed by atoms with van der Waals surface area (Å²) in [4.78, 5) is 7.58. The van der Waals surface area contributed by atoms with E-state index in [1.807, 2.05) is 0 Å². The minimum atomic E-state index is 0.0510. The average Bonchev–Trinajstić information content (AvgIpc) is 2.18. The summed E-state index contributed by atoms with van der Waals surface area (Å²) in [6, 6.07) is 0. The van der Waals surface area contributed by atoms with Gasteiger partial charge >= 0.3 is 0 Å². The van der Waals surface area contributed by atoms with Gasteiger partial charge in [-0.05, 0) is 0 Å². The van der Waals surface area contributed by atoms with Crippen LogP contribution in [0.1, 0.15) is 0 Å². The van der Waals surface area contributed by atoms with Crippen molar-refractivity contribution in [2.45, 2.75) is 0 Å². The number of anilines is 2. The molecule has 76 valence electrons. The van der Waals surface area contributed by atoms with Crippen molar-refractivity contribution >= 4 is 11.6 Å². The Hall–Kier alpha value is -1.98. The van der Waals surface area contributed by atoms with Gasteiger partial charge in [0.15, 0.2) is 5.69 Å². The van der Waals surface area contributed by atoms with E-state index in [2.05, 4.69) is 16.5 Å². The van der Waals surface area contributed by atoms with Crippen LogP contribution in [-0.4, -0.2) is 23.7 Å². The van der Waals surface area contributed by atoms with E-state index in [0.29, 0.717) is 6.61 Å². The Morgan fingerprint density at radius 1 is 1.36 bits per heavy atom. The third kappa shape index (κ3) is 2.03. The number of ether oxygens (including phenoxy) is 2. The van der Waals surface area contributed by atoms with Gasteiger partial charge in [0, 0.05) is 0 Å². The van der Waals surface area contributed by atoms with Gasteiger partial charge in [-0.15, -0.1) is 0 Å². The Morgan fingerprint density at radius 3 is 2.57 bits per heavy atom. The number of hydrogen-bond donors (Lipinski definition) is 2. The zero-order valence-electron chi connectivity index (χ0n) is 7.86. The highest BCUT2D eigenvalue weighted by Gasteiger charge is 2.11. The van der Waals surface area contributed by atoms with Crippen molar-refractivity contribution in [1.29, 1.82) is 0 Å². The van der Waals surface area contributed by atoms with E-state index in [4.69, 9.17) is 20.9 Å². The van der Waals surface area contributed by atoms with Crippen LogP contribution in [0.2, 0.25) is 0 Å². The first-order chi connectivity index (χ1) is 6.69. The maximum Gasteiger partial charge on any atom is 0.246 e. The molecule has 0 aliphatic carbocycles. The molecule has 0 saturated heterocycles. The summed E-state index contributed by atoms with van der Waals surface area (Å²) in [5.74, 6) is 0.459. The maximum absolute atomic E-state index is 5.64. The predicted octanol–water partition coefficient (Wildman–Crippen LogP) is 0.214. The highest BCUT2D eigenvalue weighted by Crippen LogP contribution is 2.28. The van der Waals surface area contributed by atoms with Gasteiger partial charge < -0.3 is 20.9 Å². The molecule has 0 spiro atoms. The third-order valence-electron chi connectivity index (χ3n) is 1.42. The normalized spacial score (nSPS) is 9.50. The third-order valence-corrected chi connectivity index (χ3v) is 1.42. The van der Waals surface area contributed by atoms with Crippen LogP contribution in [0.25, 0.3) is 0 Å². The van der Waals surface area contributed by atoms with E-state index >= 15 is 0 Å². The second-order valence-corrected chi connectivity index (χ2v) is 2.41. The van der Waals surface area contributed by atoms with Gasteiger partial charge in [0.1, 0.15) is 6.61 Å². The van der Waals surface area contributed by atoms with Gasteiger partial charge in [-0.3, -0.25) is 0 Å². The second kappa shape index (κ2) is 4.31. The summed E-state index contributed by atoms with van der Waals surface area (Å²) in [7, 11) is 1.44. The Kier molecular flexibility index (Phi) is 3.11. The number of nitrogens with zero attached hydrogens (tertiary/aromatic N) is 2. The molecular weight excluding hydrogens is 184 g/mol. The molecule has 1 rings (SSSR count). The summed E-state index contributed by atoms with van der Waals surface area (Å²) in [5, 5.41) is 0. The van der Waals surface area contributed by atoms with Crippen molar-refractivity contribution in [3.63, 3.8) is 0 Å². The molecule has 0 radical (unpaired) electrons. The van der Waals surface area contributed by atoms with Crippen LogP contribution in [0.4, 0.5) is 11.6 Å². The topological polar surface area (TPSA) is 96.3 Å². The summed E-state index contributed by atoms with van der Waals surface area (Å²) >= 11 is 0. The van der Waals surface area contributed by atoms with E-state index in [-0.39, 0.29) is 23.4 Å². The zero-order valence-corrected chi connectivity index (χ0v) is 7.86. The van der Waals surface area contributed by atoms with Crippen molar-refractivity contribution in [3.8, 4) is 11.8 Å². The predicted molar refractivity (Wildman–Crippen MR) is 53.1 cm³/mol. The van der Waals surface area contributed by atoms with E-state index < -0.39 is 0 Å². The molecule has 0 aliphatic heterocycles. The number of methoxy groups -OCH3 is 1. The summed E-state index contributed by atoms with van der Waals surface area (Å²) in [6.07, 6.45) is 1.57. The summed E-state index contributed by atoms with van der Waals surface area (Å²) in [6.45, 7) is 3.79. The number of rotatable bonds is 4. The molecule has 0 atom stereocenters. The molecule has 0 aromatic carbocycles. The lowest BCUT2D eigenvalue weighted by Gasteiger charge is -2.08. The lowest BCUT2D eigenvalue weighted by atomic mass is 10.5. The van der Waals surface area contributed by atoms with Crippen LogP contribution in [0.5, 0.6) is 11.8 Å². The van der Waals surface area contributed by atoms with Crippen LogP contribution < -0.4 is 20.9 Å². The Bertz CT molecular complexity index is 340. The quantitative estimate of drug-likeness (QED) is 0.668. The first-order valence-corrected chi connectivity index (χ1v) is 3.89. The number of nitrogen functional groups attached to an aromatic ring is 2. The van der Waals surface area contributed by atoms with Crippen LogP contribution >= 0.6 is 0 Å². The van der Waals surface area contributed by atoms with Crippen LogP contribution in [0.3, 0.4) is 0 Å². The monoisotopic (exact) mass is 196 g/mol. The highest BCUT2D eigenvalue weighted by molar-refractivity contribution is 5.58. The molecule has 0 amide bonds. The molecule has 0 unspecified atom stereocenters. The van der Waals surface area contributed by atoms with Crippen molar-refractivity contribution in [2.75, 3.05) is 25.2 Å². The van der Waals surface area contributed by atoms with E-state index in [9.17, 15) is 0 Å². The molecular formula is C8H12N4O2. The lowest BCUT2D eigenvalue weighted by Crippen LogP contribution is -2.06. The maximum atomic E-state index is 5.64. The van der Waals surface area contributed by atoms with E-state index in [0.717, 1.165) is 0 Å². The van der Waals surface area contributed by atoms with Gasteiger partial charge in [-0.2, -0.15) is 9.97 Å². The van der Waals surface area contributed by atoms with E-state index in [1.165, 1.54) is 7.11 Å².